The summed E-state index contributed by atoms with van der Waals surface area (Å²) in [5.41, 5.74) is 4.10. The molecule has 176 valence electrons. The zero-order valence-electron chi connectivity index (χ0n) is 16.9. The molecule has 0 saturated heterocycles. The molecule has 2 aromatic carbocycles. The highest BCUT2D eigenvalue weighted by Crippen LogP contribution is 2.36. The first-order valence-electron chi connectivity index (χ1n) is 9.65. The van der Waals surface area contributed by atoms with E-state index in [0.29, 0.717) is 25.0 Å². The molecule has 1 aliphatic rings. The molecule has 1 unspecified atom stereocenters. The third kappa shape index (κ3) is 6.27. The van der Waals surface area contributed by atoms with Gasteiger partial charge < -0.3 is 15.8 Å². The smallest absolute Gasteiger partial charge is 0.416 e. The minimum atomic E-state index is -4.99. The van der Waals surface area contributed by atoms with Crippen molar-refractivity contribution in [3.05, 3.63) is 75.9 Å². The molecule has 3 rings (SSSR count). The van der Waals surface area contributed by atoms with Crippen LogP contribution in [-0.4, -0.2) is 12.0 Å². The molecule has 1 atom stereocenters. The van der Waals surface area contributed by atoms with Crippen molar-refractivity contribution < 1.29 is 40.7 Å². The Kier molecular flexibility index (Phi) is 6.71. The van der Waals surface area contributed by atoms with Gasteiger partial charge in [0.05, 0.1) is 17.2 Å². The first kappa shape index (κ1) is 24.1. The Hall–Kier alpha value is -3.50. The van der Waals surface area contributed by atoms with Crippen LogP contribution in [0.15, 0.2) is 42.5 Å². The highest BCUT2D eigenvalue weighted by molar-refractivity contribution is 5.90. The van der Waals surface area contributed by atoms with Crippen LogP contribution >= 0.6 is 0 Å². The number of alkyl halides is 6. The van der Waals surface area contributed by atoms with Gasteiger partial charge in [0.25, 0.3) is 0 Å². The minimum Gasteiger partial charge on any atom is -0.445 e. The number of nitrogens with two attached hydrogens (primary N) is 1. The molecule has 0 spiro atoms. The number of rotatable bonds is 5. The lowest BCUT2D eigenvalue weighted by Crippen LogP contribution is -2.27. The Labute approximate surface area is 184 Å². The number of hydrogen-bond acceptors (Lipinski definition) is 3. The lowest BCUT2D eigenvalue weighted by molar-refractivity contribution is -0.143. The van der Waals surface area contributed by atoms with Crippen molar-refractivity contribution in [2.75, 3.05) is 0 Å². The Morgan fingerprint density at radius 2 is 1.67 bits per heavy atom. The van der Waals surface area contributed by atoms with Crippen molar-refractivity contribution in [3.8, 4) is 0 Å². The molecular formula is C22H18F6N2O3. The monoisotopic (exact) mass is 472 g/mol. The van der Waals surface area contributed by atoms with E-state index in [1.807, 2.05) is 6.07 Å². The first-order chi connectivity index (χ1) is 15.3. The van der Waals surface area contributed by atoms with E-state index in [0.717, 1.165) is 16.7 Å². The van der Waals surface area contributed by atoms with E-state index < -0.39 is 53.7 Å². The van der Waals surface area contributed by atoms with Crippen LogP contribution in [0, 0.1) is 0 Å². The number of amides is 2. The largest absolute Gasteiger partial charge is 0.445 e. The van der Waals surface area contributed by atoms with Gasteiger partial charge in [-0.15, -0.1) is 0 Å². The number of ether oxygens (including phenoxy) is 1. The average Bonchev–Trinajstić information content (AvgIpc) is 3.11. The van der Waals surface area contributed by atoms with Crippen LogP contribution < -0.4 is 11.1 Å². The first-order valence-corrected chi connectivity index (χ1v) is 9.65. The summed E-state index contributed by atoms with van der Waals surface area (Å²) >= 11 is 0. The van der Waals surface area contributed by atoms with Gasteiger partial charge in [-0.3, -0.25) is 4.79 Å². The van der Waals surface area contributed by atoms with Crippen LogP contribution in [0.3, 0.4) is 0 Å². The molecule has 0 bridgehead atoms. The van der Waals surface area contributed by atoms with E-state index >= 15 is 0 Å². The fourth-order valence-electron chi connectivity index (χ4n) is 3.50. The Bertz CT molecular complexity index is 1060. The van der Waals surface area contributed by atoms with E-state index in [4.69, 9.17) is 10.5 Å². The number of fused-ring (bicyclic) bond motifs is 1. The second-order valence-electron chi connectivity index (χ2n) is 7.42. The van der Waals surface area contributed by atoms with Crippen LogP contribution in [0.1, 0.15) is 45.8 Å². The molecule has 1 aliphatic carbocycles. The summed E-state index contributed by atoms with van der Waals surface area (Å²) in [5.74, 6) is -0.596. The van der Waals surface area contributed by atoms with Gasteiger partial charge in [0.2, 0.25) is 5.91 Å². The number of carbonyl (C=O) groups is 2. The third-order valence-electron chi connectivity index (χ3n) is 4.99. The highest BCUT2D eigenvalue weighted by Gasteiger charge is 2.37. The number of benzene rings is 2. The Morgan fingerprint density at radius 3 is 2.24 bits per heavy atom. The van der Waals surface area contributed by atoms with E-state index in [-0.39, 0.29) is 6.07 Å². The predicted octanol–water partition coefficient (Wildman–Crippen LogP) is 5.14. The van der Waals surface area contributed by atoms with Gasteiger partial charge in [0.15, 0.2) is 0 Å². The number of nitrogens with one attached hydrogen (secondary N) is 1. The van der Waals surface area contributed by atoms with E-state index in [1.54, 1.807) is 18.2 Å². The molecule has 0 aliphatic heterocycles. The van der Waals surface area contributed by atoms with Gasteiger partial charge in [-0.05, 0) is 59.4 Å². The highest BCUT2D eigenvalue weighted by atomic mass is 19.4. The van der Waals surface area contributed by atoms with Crippen LogP contribution in [-0.2, 0) is 34.9 Å². The van der Waals surface area contributed by atoms with Gasteiger partial charge in [-0.1, -0.05) is 18.2 Å². The molecule has 11 heteroatoms. The number of aryl methyl sites for hydroxylation is 1. The number of carbonyl (C=O) groups excluding carboxylic acids is 2. The quantitative estimate of drug-likeness (QED) is 0.467. The van der Waals surface area contributed by atoms with Gasteiger partial charge in [0.1, 0.15) is 6.61 Å². The lowest BCUT2D eigenvalue weighted by Gasteiger charge is -2.16. The summed E-state index contributed by atoms with van der Waals surface area (Å²) in [4.78, 5) is 23.0. The summed E-state index contributed by atoms with van der Waals surface area (Å²) < 4.78 is 82.6. The molecule has 0 fully saturated rings. The average molecular weight is 472 g/mol. The normalized spacial score (nSPS) is 16.0. The molecular weight excluding hydrogens is 454 g/mol. The van der Waals surface area contributed by atoms with Crippen molar-refractivity contribution in [1.82, 2.24) is 5.32 Å². The second kappa shape index (κ2) is 9.16. The summed E-state index contributed by atoms with van der Waals surface area (Å²) in [7, 11) is 0. The van der Waals surface area contributed by atoms with Crippen molar-refractivity contribution in [1.29, 1.82) is 0 Å². The second-order valence-corrected chi connectivity index (χ2v) is 7.42. The molecule has 5 nitrogen and oxygen atoms in total. The molecule has 0 radical (unpaired) electrons. The topological polar surface area (TPSA) is 81.4 Å². The van der Waals surface area contributed by atoms with E-state index in [2.05, 4.69) is 5.32 Å². The van der Waals surface area contributed by atoms with E-state index in [9.17, 15) is 35.9 Å². The Morgan fingerprint density at radius 1 is 1.03 bits per heavy atom. The zero-order chi connectivity index (χ0) is 24.4. The summed E-state index contributed by atoms with van der Waals surface area (Å²) in [6, 6.07) is 5.87. The number of alkyl carbamates (subject to hydrolysis) is 1. The van der Waals surface area contributed by atoms with Crippen molar-refractivity contribution in [2.24, 2.45) is 5.73 Å². The fraction of sp³-hybridized carbons (Fsp3) is 0.273. The van der Waals surface area contributed by atoms with Crippen LogP contribution in [0.4, 0.5) is 31.1 Å². The maximum Gasteiger partial charge on any atom is 0.416 e. The maximum atomic E-state index is 12.9. The lowest BCUT2D eigenvalue weighted by atomic mass is 10.0. The van der Waals surface area contributed by atoms with Gasteiger partial charge in [-0.25, -0.2) is 4.79 Å². The zero-order valence-corrected chi connectivity index (χ0v) is 16.9. The number of primary amides is 1. The predicted molar refractivity (Wildman–Crippen MR) is 105 cm³/mol. The molecule has 0 heterocycles. The molecule has 0 aromatic heterocycles. The van der Waals surface area contributed by atoms with Crippen LogP contribution in [0.25, 0.3) is 6.08 Å². The van der Waals surface area contributed by atoms with Crippen LogP contribution in [0.2, 0.25) is 0 Å². The molecule has 3 N–H and O–H groups in total. The molecule has 2 amide bonds. The molecule has 2 aromatic rings. The van der Waals surface area contributed by atoms with Crippen LogP contribution in [0.5, 0.6) is 0 Å². The third-order valence-corrected chi connectivity index (χ3v) is 4.99. The minimum absolute atomic E-state index is 0.00587. The van der Waals surface area contributed by atoms with E-state index in [1.165, 1.54) is 6.08 Å². The van der Waals surface area contributed by atoms with Crippen molar-refractivity contribution in [3.63, 3.8) is 0 Å². The van der Waals surface area contributed by atoms with Gasteiger partial charge in [-0.2, -0.15) is 26.3 Å². The standard InChI is InChI=1S/C22H18F6N2O3/c23-21(24,25)15-8-13(9-16(10-15)22(26,27)28)11-33-20(32)30-18-5-3-14-7-12(1-4-17(14)18)2-6-19(29)31/h1-2,4,6-10,18H,3,5,11H2,(H2,29,31)(H,30,32)/b6-2+. The van der Waals surface area contributed by atoms with Crippen molar-refractivity contribution in [2.45, 2.75) is 37.8 Å². The SMILES string of the molecule is NC(=O)/C=C/c1ccc2c(c1)CCC2NC(=O)OCc1cc(C(F)(F)F)cc(C(F)(F)F)c1. The summed E-state index contributed by atoms with van der Waals surface area (Å²) in [5, 5.41) is 2.57. The van der Waals surface area contributed by atoms with Gasteiger partial charge >= 0.3 is 18.4 Å². The number of halogens is 6. The molecule has 0 saturated carbocycles. The molecule has 33 heavy (non-hydrogen) atoms. The van der Waals surface area contributed by atoms with Gasteiger partial charge in [0, 0.05) is 6.08 Å². The summed E-state index contributed by atoms with van der Waals surface area (Å²) in [6.45, 7) is -0.769. The number of hydrogen-bond donors (Lipinski definition) is 2. The van der Waals surface area contributed by atoms with Crippen molar-refractivity contribution >= 4 is 18.1 Å². The summed E-state index contributed by atoms with van der Waals surface area (Å²) in [6.07, 6.45) is -7.06. The Balaban J connectivity index is 1.67. The maximum absolute atomic E-state index is 12.9. The fourth-order valence-corrected chi connectivity index (χ4v) is 3.50.